The fraction of sp³-hybridized carbons (Fsp3) is 0.571. The summed E-state index contributed by atoms with van der Waals surface area (Å²) >= 11 is 5.83. The first-order valence-electron chi connectivity index (χ1n) is 6.20. The van der Waals surface area contributed by atoms with E-state index in [4.69, 9.17) is 16.3 Å². The highest BCUT2D eigenvalue weighted by Gasteiger charge is 2.09. The zero-order chi connectivity index (χ0) is 13.5. The monoisotopic (exact) mass is 271 g/mol. The van der Waals surface area contributed by atoms with Crippen LogP contribution in [-0.4, -0.2) is 42.4 Å². The molecule has 0 bridgehead atoms. The maximum absolute atomic E-state index is 9.80. The number of likely N-dealkylation sites (N-methyl/N-ethyl adjacent to an activating group) is 1. The summed E-state index contributed by atoms with van der Waals surface area (Å²) in [5, 5.41) is 10.5. The van der Waals surface area contributed by atoms with Crippen LogP contribution in [0.25, 0.3) is 0 Å². The van der Waals surface area contributed by atoms with E-state index in [0.29, 0.717) is 13.2 Å². The highest BCUT2D eigenvalue weighted by atomic mass is 35.5. The second-order valence-corrected chi connectivity index (χ2v) is 5.30. The molecular weight excluding hydrogens is 250 g/mol. The third kappa shape index (κ3) is 6.36. The summed E-state index contributed by atoms with van der Waals surface area (Å²) in [5.74, 6) is 0. The van der Waals surface area contributed by atoms with E-state index in [1.807, 2.05) is 45.2 Å². The van der Waals surface area contributed by atoms with E-state index in [-0.39, 0.29) is 6.10 Å². The Labute approximate surface area is 114 Å². The molecule has 0 aliphatic carbocycles. The van der Waals surface area contributed by atoms with Crippen LogP contribution in [0, 0.1) is 0 Å². The quantitative estimate of drug-likeness (QED) is 0.827. The number of aliphatic hydroxyl groups is 1. The summed E-state index contributed by atoms with van der Waals surface area (Å²) in [7, 11) is 1.98. The van der Waals surface area contributed by atoms with Crippen molar-refractivity contribution in [3.8, 4) is 0 Å². The maximum Gasteiger partial charge on any atom is 0.0900 e. The molecule has 0 amide bonds. The molecule has 0 saturated heterocycles. The number of halogens is 1. The van der Waals surface area contributed by atoms with Gasteiger partial charge in [0.25, 0.3) is 0 Å². The SMILES string of the molecule is CC(C)OC[C@@H](O)CN(C)Cc1ccc(Cl)cc1. The minimum atomic E-state index is -0.454. The van der Waals surface area contributed by atoms with Crippen molar-refractivity contribution in [2.24, 2.45) is 0 Å². The van der Waals surface area contributed by atoms with Crippen molar-refractivity contribution in [1.82, 2.24) is 4.90 Å². The van der Waals surface area contributed by atoms with E-state index in [1.165, 1.54) is 5.56 Å². The van der Waals surface area contributed by atoms with Gasteiger partial charge in [-0.05, 0) is 38.6 Å². The molecule has 0 heterocycles. The molecule has 0 aromatic heterocycles. The summed E-state index contributed by atoms with van der Waals surface area (Å²) in [4.78, 5) is 2.07. The Hall–Kier alpha value is -0.610. The minimum Gasteiger partial charge on any atom is -0.389 e. The number of hydrogen-bond donors (Lipinski definition) is 1. The Bertz CT molecular complexity index is 340. The molecule has 4 heteroatoms. The van der Waals surface area contributed by atoms with Gasteiger partial charge in [-0.2, -0.15) is 0 Å². The Morgan fingerprint density at radius 2 is 1.89 bits per heavy atom. The van der Waals surface area contributed by atoms with Crippen molar-refractivity contribution in [1.29, 1.82) is 0 Å². The Kier molecular flexibility index (Phi) is 6.65. The molecule has 3 nitrogen and oxygen atoms in total. The van der Waals surface area contributed by atoms with E-state index < -0.39 is 6.10 Å². The number of rotatable bonds is 7. The summed E-state index contributed by atoms with van der Waals surface area (Å²) in [5.41, 5.74) is 1.18. The van der Waals surface area contributed by atoms with Gasteiger partial charge in [0.05, 0.1) is 18.8 Å². The molecule has 0 aliphatic rings. The van der Waals surface area contributed by atoms with Gasteiger partial charge in [0.2, 0.25) is 0 Å². The zero-order valence-corrected chi connectivity index (χ0v) is 12.0. The van der Waals surface area contributed by atoms with Crippen LogP contribution in [0.3, 0.4) is 0 Å². The van der Waals surface area contributed by atoms with Crippen molar-refractivity contribution < 1.29 is 9.84 Å². The maximum atomic E-state index is 9.80. The van der Waals surface area contributed by atoms with Gasteiger partial charge in [0, 0.05) is 18.1 Å². The van der Waals surface area contributed by atoms with Gasteiger partial charge >= 0.3 is 0 Å². The van der Waals surface area contributed by atoms with Crippen LogP contribution in [0.4, 0.5) is 0 Å². The van der Waals surface area contributed by atoms with Crippen LogP contribution in [0.15, 0.2) is 24.3 Å². The smallest absolute Gasteiger partial charge is 0.0900 e. The normalized spacial score (nSPS) is 13.3. The first kappa shape index (κ1) is 15.4. The number of benzene rings is 1. The third-order valence-corrected chi connectivity index (χ3v) is 2.76. The first-order valence-corrected chi connectivity index (χ1v) is 6.58. The summed E-state index contributed by atoms with van der Waals surface area (Å²) in [6, 6.07) is 7.75. The van der Waals surface area contributed by atoms with Crippen molar-refractivity contribution in [2.45, 2.75) is 32.6 Å². The fourth-order valence-electron chi connectivity index (χ4n) is 1.68. The highest BCUT2D eigenvalue weighted by Crippen LogP contribution is 2.11. The fourth-order valence-corrected chi connectivity index (χ4v) is 1.81. The predicted octanol–water partition coefficient (Wildman–Crippen LogP) is 2.56. The van der Waals surface area contributed by atoms with Crippen LogP contribution in [0.1, 0.15) is 19.4 Å². The summed E-state index contributed by atoms with van der Waals surface area (Å²) < 4.78 is 5.38. The van der Waals surface area contributed by atoms with Gasteiger partial charge in [0.15, 0.2) is 0 Å². The molecule has 0 radical (unpaired) electrons. The molecule has 0 fully saturated rings. The molecule has 1 atom stereocenters. The van der Waals surface area contributed by atoms with Crippen molar-refractivity contribution in [2.75, 3.05) is 20.2 Å². The second kappa shape index (κ2) is 7.74. The van der Waals surface area contributed by atoms with Gasteiger partial charge in [-0.25, -0.2) is 0 Å². The number of nitrogens with zero attached hydrogens (tertiary/aromatic N) is 1. The third-order valence-electron chi connectivity index (χ3n) is 2.51. The number of aliphatic hydroxyl groups excluding tert-OH is 1. The van der Waals surface area contributed by atoms with E-state index >= 15 is 0 Å². The Morgan fingerprint density at radius 3 is 2.44 bits per heavy atom. The lowest BCUT2D eigenvalue weighted by molar-refractivity contribution is -0.00634. The summed E-state index contributed by atoms with van der Waals surface area (Å²) in [6.07, 6.45) is -0.300. The number of ether oxygens (including phenoxy) is 1. The first-order chi connectivity index (χ1) is 8.47. The lowest BCUT2D eigenvalue weighted by Gasteiger charge is -2.21. The molecule has 1 aromatic carbocycles. The van der Waals surface area contributed by atoms with Crippen LogP contribution in [0.5, 0.6) is 0 Å². The van der Waals surface area contributed by atoms with Gasteiger partial charge < -0.3 is 9.84 Å². The predicted molar refractivity (Wildman–Crippen MR) is 74.9 cm³/mol. The standard InChI is InChI=1S/C14H22ClNO2/c1-11(2)18-10-14(17)9-16(3)8-12-4-6-13(15)7-5-12/h4-7,11,14,17H,8-10H2,1-3H3/t14-/m0/s1. The van der Waals surface area contributed by atoms with E-state index in [9.17, 15) is 5.11 Å². The molecule has 0 spiro atoms. The van der Waals surface area contributed by atoms with E-state index in [1.54, 1.807) is 0 Å². The molecular formula is C14H22ClNO2. The van der Waals surface area contributed by atoms with Gasteiger partial charge in [-0.1, -0.05) is 23.7 Å². The molecule has 1 rings (SSSR count). The van der Waals surface area contributed by atoms with Gasteiger partial charge in [-0.3, -0.25) is 4.90 Å². The van der Waals surface area contributed by atoms with Crippen LogP contribution < -0.4 is 0 Å². The summed E-state index contributed by atoms with van der Waals surface area (Å²) in [6.45, 7) is 5.68. The van der Waals surface area contributed by atoms with E-state index in [2.05, 4.69) is 4.90 Å². The molecule has 102 valence electrons. The van der Waals surface area contributed by atoms with Crippen molar-refractivity contribution in [3.63, 3.8) is 0 Å². The molecule has 0 unspecified atom stereocenters. The number of hydrogen-bond acceptors (Lipinski definition) is 3. The molecule has 0 saturated carbocycles. The average molecular weight is 272 g/mol. The lowest BCUT2D eigenvalue weighted by atomic mass is 10.2. The largest absolute Gasteiger partial charge is 0.389 e. The van der Waals surface area contributed by atoms with E-state index in [0.717, 1.165) is 11.6 Å². The van der Waals surface area contributed by atoms with Gasteiger partial charge in [0.1, 0.15) is 0 Å². The Balaban J connectivity index is 2.32. The topological polar surface area (TPSA) is 32.7 Å². The van der Waals surface area contributed by atoms with Gasteiger partial charge in [-0.15, -0.1) is 0 Å². The molecule has 1 N–H and O–H groups in total. The Morgan fingerprint density at radius 1 is 1.28 bits per heavy atom. The lowest BCUT2D eigenvalue weighted by Crippen LogP contribution is -2.32. The molecule has 1 aromatic rings. The second-order valence-electron chi connectivity index (χ2n) is 4.86. The van der Waals surface area contributed by atoms with Crippen molar-refractivity contribution >= 4 is 11.6 Å². The minimum absolute atomic E-state index is 0.154. The average Bonchev–Trinajstić information content (AvgIpc) is 2.29. The zero-order valence-electron chi connectivity index (χ0n) is 11.3. The molecule has 0 aliphatic heterocycles. The van der Waals surface area contributed by atoms with Crippen molar-refractivity contribution in [3.05, 3.63) is 34.9 Å². The highest BCUT2D eigenvalue weighted by molar-refractivity contribution is 6.30. The molecule has 18 heavy (non-hydrogen) atoms. The van der Waals surface area contributed by atoms with Crippen LogP contribution >= 0.6 is 11.6 Å². The van der Waals surface area contributed by atoms with Crippen LogP contribution in [0.2, 0.25) is 5.02 Å². The van der Waals surface area contributed by atoms with Crippen LogP contribution in [-0.2, 0) is 11.3 Å².